The molecule has 5 rings (SSSR count). The molecule has 1 aromatic heterocycles. The van der Waals surface area contributed by atoms with Crippen LogP contribution in [0.2, 0.25) is 0 Å². The van der Waals surface area contributed by atoms with Gasteiger partial charge in [-0.05, 0) is 40.3 Å². The van der Waals surface area contributed by atoms with Gasteiger partial charge in [0.2, 0.25) is 5.91 Å². The van der Waals surface area contributed by atoms with Crippen LogP contribution in [0.5, 0.6) is 0 Å². The van der Waals surface area contributed by atoms with Crippen molar-refractivity contribution in [1.82, 2.24) is 15.2 Å². The van der Waals surface area contributed by atoms with E-state index >= 15 is 0 Å². The molecular formula is C23H24ClN3O. The van der Waals surface area contributed by atoms with E-state index < -0.39 is 0 Å². The lowest BCUT2D eigenvalue weighted by Crippen LogP contribution is -2.49. The predicted molar refractivity (Wildman–Crippen MR) is 114 cm³/mol. The number of fused-ring (bicyclic) bond motifs is 1. The fraction of sp³-hybridized carbons (Fsp3) is 0.304. The first-order valence-corrected chi connectivity index (χ1v) is 9.72. The first-order valence-electron chi connectivity index (χ1n) is 9.72. The number of benzene rings is 2. The number of nitrogens with zero attached hydrogens (tertiary/aromatic N) is 2. The zero-order valence-corrected chi connectivity index (χ0v) is 16.4. The summed E-state index contributed by atoms with van der Waals surface area (Å²) in [6.45, 7) is 2.41. The first kappa shape index (κ1) is 18.9. The molecular weight excluding hydrogens is 370 g/mol. The van der Waals surface area contributed by atoms with Crippen molar-refractivity contribution in [3.05, 3.63) is 78.1 Å². The van der Waals surface area contributed by atoms with Gasteiger partial charge in [-0.15, -0.1) is 12.4 Å². The average molecular weight is 394 g/mol. The Kier molecular flexibility index (Phi) is 5.33. The molecule has 4 nitrogen and oxygen atoms in total. The summed E-state index contributed by atoms with van der Waals surface area (Å²) in [4.78, 5) is 19.7. The van der Waals surface area contributed by atoms with E-state index in [-0.39, 0.29) is 24.4 Å². The molecule has 1 aliphatic heterocycles. The second-order valence-electron chi connectivity index (χ2n) is 7.55. The summed E-state index contributed by atoms with van der Waals surface area (Å²) in [6.07, 6.45) is 4.62. The Morgan fingerprint density at radius 2 is 1.93 bits per heavy atom. The molecule has 2 fully saturated rings. The second kappa shape index (κ2) is 7.90. The highest BCUT2D eigenvalue weighted by Crippen LogP contribution is 2.51. The van der Waals surface area contributed by atoms with Gasteiger partial charge in [-0.25, -0.2) is 0 Å². The van der Waals surface area contributed by atoms with Crippen molar-refractivity contribution in [3.63, 3.8) is 0 Å². The Balaban J connectivity index is 0.00000192. The van der Waals surface area contributed by atoms with E-state index in [4.69, 9.17) is 0 Å². The van der Waals surface area contributed by atoms with E-state index in [0.717, 1.165) is 31.6 Å². The van der Waals surface area contributed by atoms with E-state index in [9.17, 15) is 4.79 Å². The van der Waals surface area contributed by atoms with Crippen molar-refractivity contribution in [2.45, 2.75) is 18.4 Å². The molecule has 1 saturated carbocycles. The van der Waals surface area contributed by atoms with Gasteiger partial charge in [0.05, 0.1) is 6.04 Å². The van der Waals surface area contributed by atoms with E-state index in [0.29, 0.717) is 11.8 Å². The molecule has 0 spiro atoms. The Morgan fingerprint density at radius 3 is 2.79 bits per heavy atom. The molecule has 3 aromatic rings. The quantitative estimate of drug-likeness (QED) is 0.733. The number of pyridine rings is 1. The number of rotatable bonds is 3. The molecule has 2 aromatic carbocycles. The third-order valence-electron chi connectivity index (χ3n) is 5.93. The molecule has 144 valence electrons. The number of carbonyl (C=O) groups excluding carboxylic acids is 1. The maximum absolute atomic E-state index is 13.3. The summed E-state index contributed by atoms with van der Waals surface area (Å²) < 4.78 is 0. The lowest BCUT2D eigenvalue weighted by atomic mass is 9.99. The molecule has 2 aliphatic rings. The fourth-order valence-electron chi connectivity index (χ4n) is 4.44. The molecule has 1 aliphatic carbocycles. The van der Waals surface area contributed by atoms with Gasteiger partial charge in [-0.1, -0.05) is 48.5 Å². The molecule has 1 amide bonds. The Bertz CT molecular complexity index is 973. The molecule has 2 heterocycles. The SMILES string of the molecule is Cl.O=C(C1CC1c1cccc2ccccc12)N1CCNCC1c1cccnc1. The van der Waals surface area contributed by atoms with Gasteiger partial charge < -0.3 is 10.2 Å². The fourth-order valence-corrected chi connectivity index (χ4v) is 4.44. The number of carbonyl (C=O) groups is 1. The van der Waals surface area contributed by atoms with Crippen LogP contribution in [0.4, 0.5) is 0 Å². The molecule has 3 unspecified atom stereocenters. The number of nitrogens with one attached hydrogen (secondary N) is 1. The monoisotopic (exact) mass is 393 g/mol. The molecule has 0 radical (unpaired) electrons. The zero-order chi connectivity index (χ0) is 18.2. The van der Waals surface area contributed by atoms with Gasteiger partial charge in [0.15, 0.2) is 0 Å². The van der Waals surface area contributed by atoms with Crippen molar-refractivity contribution in [2.24, 2.45) is 5.92 Å². The van der Waals surface area contributed by atoms with Crippen LogP contribution < -0.4 is 5.32 Å². The van der Waals surface area contributed by atoms with Crippen LogP contribution in [0.3, 0.4) is 0 Å². The lowest BCUT2D eigenvalue weighted by Gasteiger charge is -2.36. The number of aromatic nitrogens is 1. The summed E-state index contributed by atoms with van der Waals surface area (Å²) in [6, 6.07) is 19.0. The number of halogens is 1. The van der Waals surface area contributed by atoms with E-state index in [1.165, 1.54) is 16.3 Å². The topological polar surface area (TPSA) is 45.2 Å². The minimum Gasteiger partial charge on any atom is -0.333 e. The van der Waals surface area contributed by atoms with Crippen LogP contribution in [0.1, 0.15) is 29.5 Å². The average Bonchev–Trinajstić information content (AvgIpc) is 3.54. The summed E-state index contributed by atoms with van der Waals surface area (Å²) in [5.74, 6) is 0.740. The van der Waals surface area contributed by atoms with E-state index in [1.54, 1.807) is 6.20 Å². The molecule has 0 bridgehead atoms. The van der Waals surface area contributed by atoms with Crippen LogP contribution in [0, 0.1) is 5.92 Å². The van der Waals surface area contributed by atoms with Crippen molar-refractivity contribution in [3.8, 4) is 0 Å². The Morgan fingerprint density at radius 1 is 1.07 bits per heavy atom. The summed E-state index contributed by atoms with van der Waals surface area (Å²) in [5.41, 5.74) is 2.43. The smallest absolute Gasteiger partial charge is 0.226 e. The van der Waals surface area contributed by atoms with Crippen LogP contribution in [0.15, 0.2) is 67.0 Å². The largest absolute Gasteiger partial charge is 0.333 e. The highest BCUT2D eigenvalue weighted by atomic mass is 35.5. The van der Waals surface area contributed by atoms with Crippen molar-refractivity contribution in [2.75, 3.05) is 19.6 Å². The molecule has 28 heavy (non-hydrogen) atoms. The number of hydrogen-bond donors (Lipinski definition) is 1. The minimum atomic E-state index is 0. The standard InChI is InChI=1S/C23H23N3O.ClH/c27-23(26-12-11-25-15-22(26)17-7-4-10-24-14-17)21-13-20(21)19-9-3-6-16-5-1-2-8-18(16)19;/h1-10,14,20-22,25H,11-13,15H2;1H. The number of piperazine rings is 1. The van der Waals surface area contributed by atoms with E-state index in [2.05, 4.69) is 63.7 Å². The molecule has 3 atom stereocenters. The molecule has 1 N–H and O–H groups in total. The minimum absolute atomic E-state index is 0. The number of amides is 1. The van der Waals surface area contributed by atoms with Gasteiger partial charge in [-0.2, -0.15) is 0 Å². The first-order chi connectivity index (χ1) is 13.3. The summed E-state index contributed by atoms with van der Waals surface area (Å²) in [7, 11) is 0. The second-order valence-corrected chi connectivity index (χ2v) is 7.55. The molecule has 1 saturated heterocycles. The lowest BCUT2D eigenvalue weighted by molar-refractivity contribution is -0.136. The highest BCUT2D eigenvalue weighted by Gasteiger charge is 2.47. The number of hydrogen-bond acceptors (Lipinski definition) is 3. The van der Waals surface area contributed by atoms with Crippen molar-refractivity contribution in [1.29, 1.82) is 0 Å². The van der Waals surface area contributed by atoms with Crippen LogP contribution in [-0.2, 0) is 4.79 Å². The van der Waals surface area contributed by atoms with Gasteiger partial charge >= 0.3 is 0 Å². The summed E-state index contributed by atoms with van der Waals surface area (Å²) in [5, 5.41) is 5.96. The normalized spacial score (nSPS) is 23.9. The van der Waals surface area contributed by atoms with Crippen LogP contribution >= 0.6 is 12.4 Å². The van der Waals surface area contributed by atoms with Gasteiger partial charge in [-0.3, -0.25) is 9.78 Å². The highest BCUT2D eigenvalue weighted by molar-refractivity contribution is 5.89. The molecule has 5 heteroatoms. The van der Waals surface area contributed by atoms with Gasteiger partial charge in [0.25, 0.3) is 0 Å². The van der Waals surface area contributed by atoms with Crippen molar-refractivity contribution >= 4 is 29.1 Å². The predicted octanol–water partition coefficient (Wildman–Crippen LogP) is 3.93. The Hall–Kier alpha value is -2.43. The maximum Gasteiger partial charge on any atom is 0.226 e. The van der Waals surface area contributed by atoms with E-state index in [1.807, 2.05) is 12.3 Å². The zero-order valence-electron chi connectivity index (χ0n) is 15.6. The summed E-state index contributed by atoms with van der Waals surface area (Å²) >= 11 is 0. The van der Waals surface area contributed by atoms with Crippen LogP contribution in [0.25, 0.3) is 10.8 Å². The third-order valence-corrected chi connectivity index (χ3v) is 5.93. The van der Waals surface area contributed by atoms with Gasteiger partial charge in [0.1, 0.15) is 0 Å². The van der Waals surface area contributed by atoms with Gasteiger partial charge in [0, 0.05) is 37.9 Å². The third kappa shape index (κ3) is 3.38. The maximum atomic E-state index is 13.3. The van der Waals surface area contributed by atoms with Crippen molar-refractivity contribution < 1.29 is 4.79 Å². The van der Waals surface area contributed by atoms with Crippen LogP contribution in [-0.4, -0.2) is 35.4 Å². The Labute approximate surface area is 171 Å².